The largest absolute Gasteiger partial charge is 0.507 e. The van der Waals surface area contributed by atoms with E-state index in [1.54, 1.807) is 0 Å². The van der Waals surface area contributed by atoms with Crippen molar-refractivity contribution in [3.8, 4) is 0 Å². The summed E-state index contributed by atoms with van der Waals surface area (Å²) >= 11 is 0. The van der Waals surface area contributed by atoms with E-state index in [9.17, 15) is 4.79 Å². The molecule has 0 aliphatic carbocycles. The Morgan fingerprint density at radius 2 is 1.79 bits per heavy atom. The van der Waals surface area contributed by atoms with Crippen LogP contribution in [-0.4, -0.2) is 45.8 Å². The van der Waals surface area contributed by atoms with Crippen LogP contribution in [0, 0.1) is 0 Å². The molecule has 0 aromatic carbocycles. The lowest BCUT2D eigenvalue weighted by molar-refractivity contribution is -0.0204. The maximum atomic E-state index is 10.7. The van der Waals surface area contributed by atoms with Gasteiger partial charge in [-0.25, -0.2) is 4.79 Å². The lowest BCUT2D eigenvalue weighted by atomic mass is 10.3. The van der Waals surface area contributed by atoms with E-state index in [1.807, 2.05) is 0 Å². The highest BCUT2D eigenvalue weighted by atomic mass is 16.7. The van der Waals surface area contributed by atoms with E-state index >= 15 is 0 Å². The van der Waals surface area contributed by atoms with Gasteiger partial charge in [0, 0.05) is 13.2 Å². The molecule has 19 heavy (non-hydrogen) atoms. The van der Waals surface area contributed by atoms with Gasteiger partial charge in [-0.2, -0.15) is 0 Å². The van der Waals surface area contributed by atoms with E-state index in [0.717, 1.165) is 38.7 Å². The molecule has 0 fully saturated rings. The molecule has 114 valence electrons. The van der Waals surface area contributed by atoms with Crippen LogP contribution >= 0.6 is 0 Å². The van der Waals surface area contributed by atoms with E-state index in [2.05, 4.69) is 18.6 Å². The van der Waals surface area contributed by atoms with Crippen LogP contribution in [-0.2, 0) is 18.9 Å². The third-order valence-corrected chi connectivity index (χ3v) is 2.68. The molecule has 0 radical (unpaired) electrons. The molecule has 5 heteroatoms. The van der Waals surface area contributed by atoms with Crippen LogP contribution in [0.15, 0.2) is 0 Å². The van der Waals surface area contributed by atoms with Crippen molar-refractivity contribution in [2.24, 2.45) is 0 Å². The van der Waals surface area contributed by atoms with Crippen molar-refractivity contribution in [3.05, 3.63) is 0 Å². The summed E-state index contributed by atoms with van der Waals surface area (Å²) in [5, 5.41) is 0. The molecule has 0 saturated heterocycles. The predicted molar refractivity (Wildman–Crippen MR) is 73.3 cm³/mol. The highest BCUT2D eigenvalue weighted by Crippen LogP contribution is 2.02. The molecule has 0 amide bonds. The minimum Gasteiger partial charge on any atom is -0.438 e. The summed E-state index contributed by atoms with van der Waals surface area (Å²) in [5.41, 5.74) is 0. The van der Waals surface area contributed by atoms with Gasteiger partial charge in [0.25, 0.3) is 0 Å². The molecule has 0 aromatic rings. The van der Waals surface area contributed by atoms with Crippen molar-refractivity contribution >= 4 is 6.16 Å². The SMILES string of the molecule is CCCCOC(CC)COCCCCOC(=O)OC. The monoisotopic (exact) mass is 276 g/mol. The van der Waals surface area contributed by atoms with Gasteiger partial charge >= 0.3 is 6.16 Å². The van der Waals surface area contributed by atoms with Gasteiger partial charge < -0.3 is 18.9 Å². The van der Waals surface area contributed by atoms with Gasteiger partial charge in [0.1, 0.15) is 0 Å². The summed E-state index contributed by atoms with van der Waals surface area (Å²) in [6.07, 6.45) is 4.42. The number of carbonyl (C=O) groups is 1. The first-order valence-electron chi connectivity index (χ1n) is 7.14. The van der Waals surface area contributed by atoms with Crippen molar-refractivity contribution in [1.82, 2.24) is 0 Å². The number of unbranched alkanes of at least 4 members (excludes halogenated alkanes) is 2. The van der Waals surface area contributed by atoms with E-state index in [4.69, 9.17) is 14.2 Å². The predicted octanol–water partition coefficient (Wildman–Crippen LogP) is 3.16. The summed E-state index contributed by atoms with van der Waals surface area (Å²) < 4.78 is 20.4. The fraction of sp³-hybridized carbons (Fsp3) is 0.929. The normalized spacial score (nSPS) is 12.2. The second-order valence-electron chi connectivity index (χ2n) is 4.34. The standard InChI is InChI=1S/C14H28O5/c1-4-6-10-18-13(5-2)12-17-9-7-8-11-19-14(15)16-3/h13H,4-12H2,1-3H3. The van der Waals surface area contributed by atoms with Crippen molar-refractivity contribution in [3.63, 3.8) is 0 Å². The Hall–Kier alpha value is -0.810. The van der Waals surface area contributed by atoms with Crippen LogP contribution in [0.2, 0.25) is 0 Å². The maximum Gasteiger partial charge on any atom is 0.507 e. The lowest BCUT2D eigenvalue weighted by Gasteiger charge is -2.16. The van der Waals surface area contributed by atoms with Crippen molar-refractivity contribution in [1.29, 1.82) is 0 Å². The van der Waals surface area contributed by atoms with Gasteiger partial charge in [0.2, 0.25) is 0 Å². The molecule has 1 unspecified atom stereocenters. The Morgan fingerprint density at radius 3 is 2.42 bits per heavy atom. The molecule has 0 aliphatic heterocycles. The maximum absolute atomic E-state index is 10.7. The average Bonchev–Trinajstić information content (AvgIpc) is 2.44. The Kier molecular flexibility index (Phi) is 13.0. The van der Waals surface area contributed by atoms with Crippen LogP contribution < -0.4 is 0 Å². The number of hydrogen-bond acceptors (Lipinski definition) is 5. The van der Waals surface area contributed by atoms with Crippen molar-refractivity contribution in [2.45, 2.75) is 52.1 Å². The molecule has 0 N–H and O–H groups in total. The average molecular weight is 276 g/mol. The molecule has 0 bridgehead atoms. The molecule has 0 spiro atoms. The number of ether oxygens (including phenoxy) is 4. The molecule has 1 atom stereocenters. The second-order valence-corrected chi connectivity index (χ2v) is 4.34. The Labute approximate surface area is 116 Å². The Morgan fingerprint density at radius 1 is 1.05 bits per heavy atom. The summed E-state index contributed by atoms with van der Waals surface area (Å²) in [5.74, 6) is 0. The summed E-state index contributed by atoms with van der Waals surface area (Å²) in [6, 6.07) is 0. The molecule has 0 saturated carbocycles. The van der Waals surface area contributed by atoms with Gasteiger partial charge in [0.05, 0.1) is 26.4 Å². The van der Waals surface area contributed by atoms with Gasteiger partial charge in [-0.3, -0.25) is 0 Å². The number of carbonyl (C=O) groups excluding carboxylic acids is 1. The minimum absolute atomic E-state index is 0.192. The first-order chi connectivity index (χ1) is 9.24. The topological polar surface area (TPSA) is 54.0 Å². The van der Waals surface area contributed by atoms with E-state index < -0.39 is 6.16 Å². The molecular formula is C14H28O5. The molecule has 0 heterocycles. The van der Waals surface area contributed by atoms with Crippen molar-refractivity contribution in [2.75, 3.05) is 33.5 Å². The van der Waals surface area contributed by atoms with Gasteiger partial charge in [0.15, 0.2) is 0 Å². The Bertz CT molecular complexity index is 208. The van der Waals surface area contributed by atoms with Crippen LogP contribution in [0.5, 0.6) is 0 Å². The number of hydrogen-bond donors (Lipinski definition) is 0. The number of methoxy groups -OCH3 is 1. The van der Waals surface area contributed by atoms with Gasteiger partial charge in [-0.05, 0) is 25.7 Å². The third-order valence-electron chi connectivity index (χ3n) is 2.68. The zero-order valence-corrected chi connectivity index (χ0v) is 12.5. The zero-order valence-electron chi connectivity index (χ0n) is 12.5. The van der Waals surface area contributed by atoms with Crippen LogP contribution in [0.1, 0.15) is 46.0 Å². The summed E-state index contributed by atoms with van der Waals surface area (Å²) in [7, 11) is 1.30. The quantitative estimate of drug-likeness (QED) is 0.405. The van der Waals surface area contributed by atoms with E-state index in [0.29, 0.717) is 19.8 Å². The van der Waals surface area contributed by atoms with Gasteiger partial charge in [-0.1, -0.05) is 20.3 Å². The second kappa shape index (κ2) is 13.6. The third kappa shape index (κ3) is 12.0. The fourth-order valence-corrected chi connectivity index (χ4v) is 1.41. The highest BCUT2D eigenvalue weighted by molar-refractivity contribution is 5.59. The van der Waals surface area contributed by atoms with E-state index in [-0.39, 0.29) is 6.10 Å². The Balaban J connectivity index is 3.33. The van der Waals surface area contributed by atoms with E-state index in [1.165, 1.54) is 7.11 Å². The summed E-state index contributed by atoms with van der Waals surface area (Å²) in [4.78, 5) is 10.7. The highest BCUT2D eigenvalue weighted by Gasteiger charge is 2.06. The first kappa shape index (κ1) is 18.2. The summed E-state index contributed by atoms with van der Waals surface area (Å²) in [6.45, 7) is 6.74. The zero-order chi connectivity index (χ0) is 14.3. The molecule has 0 aliphatic rings. The first-order valence-corrected chi connectivity index (χ1v) is 7.14. The lowest BCUT2D eigenvalue weighted by Crippen LogP contribution is -2.20. The smallest absolute Gasteiger partial charge is 0.438 e. The number of rotatable bonds is 12. The molecular weight excluding hydrogens is 248 g/mol. The minimum atomic E-state index is -0.628. The van der Waals surface area contributed by atoms with Crippen molar-refractivity contribution < 1.29 is 23.7 Å². The molecule has 5 nitrogen and oxygen atoms in total. The molecule has 0 aromatic heterocycles. The van der Waals surface area contributed by atoms with Crippen LogP contribution in [0.4, 0.5) is 4.79 Å². The van der Waals surface area contributed by atoms with Crippen LogP contribution in [0.25, 0.3) is 0 Å². The molecule has 0 rings (SSSR count). The fourth-order valence-electron chi connectivity index (χ4n) is 1.41. The van der Waals surface area contributed by atoms with Gasteiger partial charge in [-0.15, -0.1) is 0 Å². The van der Waals surface area contributed by atoms with Crippen LogP contribution in [0.3, 0.4) is 0 Å².